The van der Waals surface area contributed by atoms with Crippen molar-refractivity contribution in [1.82, 2.24) is 34.4 Å². The molecule has 0 radical (unpaired) electrons. The molecule has 2 N–H and O–H groups in total. The van der Waals surface area contributed by atoms with Crippen molar-refractivity contribution in [3.63, 3.8) is 0 Å². The molecular weight excluding hydrogens is 821 g/mol. The van der Waals surface area contributed by atoms with Crippen LogP contribution in [0.2, 0.25) is 0 Å². The number of anilines is 1. The van der Waals surface area contributed by atoms with Gasteiger partial charge in [0.25, 0.3) is 5.91 Å². The van der Waals surface area contributed by atoms with E-state index in [0.29, 0.717) is 88.7 Å². The molecule has 1 atom stereocenters. The van der Waals surface area contributed by atoms with Crippen LogP contribution in [-0.4, -0.2) is 169 Å². The summed E-state index contributed by atoms with van der Waals surface area (Å²) in [5.74, 6) is -0.115. The standard InChI is InChI=1S/C32H39N5O6.C14H25N3O3.CH4/c1-20-7-12-35(13-8-20)29(38)27(19-22-17-21(2)28-26(18-22)42-31(40)34-28)43-32(41)36-14-10-24(11-15-36)37-16-9-23-5-3-4-6-25(23)33-30(37)39;1-15-7-9-16(10-8-15)12-14(19)20-11-3-6-17-5-2-4-13(17)18;/h3-6,17-18,20,24,27H,7-16,19H2,1-2H3,(H,33,39)(H,34,40);2-12H2,1H3;1H4/t27-;;/m1../s1. The van der Waals surface area contributed by atoms with Crippen LogP contribution in [0.15, 0.2) is 45.6 Å². The molecule has 0 aliphatic carbocycles. The number of carbonyl (C=O) groups is 5. The summed E-state index contributed by atoms with van der Waals surface area (Å²) >= 11 is 0. The molecule has 17 heteroatoms. The summed E-state index contributed by atoms with van der Waals surface area (Å²) in [6.07, 6.45) is 4.86. The number of nitrogens with one attached hydrogen (secondary N) is 2. The highest BCUT2D eigenvalue weighted by Gasteiger charge is 2.35. The maximum Gasteiger partial charge on any atom is 0.417 e. The van der Waals surface area contributed by atoms with Gasteiger partial charge in [0.2, 0.25) is 5.91 Å². The maximum absolute atomic E-state index is 13.7. The number of amides is 5. The van der Waals surface area contributed by atoms with Crippen LogP contribution in [0.1, 0.15) is 76.0 Å². The molecule has 0 unspecified atom stereocenters. The van der Waals surface area contributed by atoms with E-state index in [0.717, 1.165) is 87.2 Å². The number of rotatable bonds is 11. The Morgan fingerprint density at radius 2 is 1.59 bits per heavy atom. The number of hydrogen-bond acceptors (Lipinski definition) is 11. The Bertz CT molecular complexity index is 2130. The third-order valence-corrected chi connectivity index (χ3v) is 13.1. The summed E-state index contributed by atoms with van der Waals surface area (Å²) in [6, 6.07) is 11.4. The van der Waals surface area contributed by atoms with Crippen molar-refractivity contribution in [1.29, 1.82) is 0 Å². The van der Waals surface area contributed by atoms with E-state index in [1.54, 1.807) is 15.9 Å². The Labute approximate surface area is 376 Å². The van der Waals surface area contributed by atoms with Gasteiger partial charge in [-0.2, -0.15) is 0 Å². The van der Waals surface area contributed by atoms with Crippen molar-refractivity contribution in [3.05, 3.63) is 63.6 Å². The number of esters is 1. The van der Waals surface area contributed by atoms with Crippen molar-refractivity contribution in [2.24, 2.45) is 5.92 Å². The molecule has 0 saturated carbocycles. The van der Waals surface area contributed by atoms with E-state index in [1.165, 1.54) is 0 Å². The molecule has 4 saturated heterocycles. The summed E-state index contributed by atoms with van der Waals surface area (Å²) in [7, 11) is 2.09. The Balaban J connectivity index is 0.000000272. The lowest BCUT2D eigenvalue weighted by Crippen LogP contribution is -2.51. The Morgan fingerprint density at radius 1 is 0.875 bits per heavy atom. The number of H-pyrrole nitrogens is 1. The number of aromatic amines is 1. The number of hydrogen-bond donors (Lipinski definition) is 2. The zero-order valence-corrected chi connectivity index (χ0v) is 37.1. The fourth-order valence-electron chi connectivity index (χ4n) is 9.15. The Kier molecular flexibility index (Phi) is 16.9. The average molecular weight is 889 g/mol. The SMILES string of the molecule is C.CN1CCN(CC(=O)OCCCN2CCCC2=O)CC1.Cc1cc(C[C@@H](OC(=O)N2CCC(N3CCc4ccccc4NC3=O)CC2)C(=O)N2CCC(C)CC2)cc2oc(=O)[nH]c12. The first-order chi connectivity index (χ1) is 30.4. The van der Waals surface area contributed by atoms with Crippen molar-refractivity contribution in [2.75, 3.05) is 97.5 Å². The van der Waals surface area contributed by atoms with Gasteiger partial charge in [-0.15, -0.1) is 0 Å². The number of aromatic nitrogens is 1. The fourth-order valence-corrected chi connectivity index (χ4v) is 9.15. The van der Waals surface area contributed by atoms with Gasteiger partial charge >= 0.3 is 23.8 Å². The van der Waals surface area contributed by atoms with E-state index in [9.17, 15) is 28.8 Å². The van der Waals surface area contributed by atoms with Gasteiger partial charge in [-0.1, -0.05) is 38.6 Å². The molecule has 3 aromatic rings. The second kappa shape index (κ2) is 22.5. The first kappa shape index (κ1) is 48.0. The van der Waals surface area contributed by atoms with E-state index in [1.807, 2.05) is 47.1 Å². The quantitative estimate of drug-likeness (QED) is 0.201. The van der Waals surface area contributed by atoms with Crippen LogP contribution in [0.25, 0.3) is 11.1 Å². The predicted octanol–water partition coefficient (Wildman–Crippen LogP) is 4.72. The molecule has 1 aromatic heterocycles. The van der Waals surface area contributed by atoms with Gasteiger partial charge in [0.05, 0.1) is 18.7 Å². The van der Waals surface area contributed by atoms with Gasteiger partial charge in [-0.05, 0) is 93.7 Å². The van der Waals surface area contributed by atoms with E-state index in [-0.39, 0.29) is 43.7 Å². The molecule has 5 aliphatic heterocycles. The van der Waals surface area contributed by atoms with Crippen molar-refractivity contribution in [3.8, 4) is 0 Å². The average Bonchev–Trinajstić information content (AvgIpc) is 3.82. The largest absolute Gasteiger partial charge is 0.465 e. The highest BCUT2D eigenvalue weighted by molar-refractivity contribution is 5.91. The van der Waals surface area contributed by atoms with Gasteiger partial charge in [0.15, 0.2) is 11.7 Å². The van der Waals surface area contributed by atoms with Gasteiger partial charge in [0.1, 0.15) is 0 Å². The number of aryl methyl sites for hydroxylation is 1. The number of fused-ring (bicyclic) bond motifs is 2. The Morgan fingerprint density at radius 3 is 2.31 bits per heavy atom. The van der Waals surface area contributed by atoms with Crippen LogP contribution in [0.4, 0.5) is 15.3 Å². The minimum atomic E-state index is -1.00. The Hall–Kier alpha value is -5.42. The summed E-state index contributed by atoms with van der Waals surface area (Å²) in [6.45, 7) is 13.0. The van der Waals surface area contributed by atoms with E-state index in [4.69, 9.17) is 13.9 Å². The predicted molar refractivity (Wildman–Crippen MR) is 243 cm³/mol. The lowest BCUT2D eigenvalue weighted by molar-refractivity contribution is -0.145. The number of urea groups is 1. The van der Waals surface area contributed by atoms with Crippen LogP contribution in [0.3, 0.4) is 0 Å². The summed E-state index contributed by atoms with van der Waals surface area (Å²) in [4.78, 5) is 89.2. The van der Waals surface area contributed by atoms with Crippen LogP contribution in [-0.2, 0) is 36.7 Å². The molecule has 5 aliphatic rings. The molecule has 5 amide bonds. The minimum absolute atomic E-state index is 0. The number of ether oxygens (including phenoxy) is 2. The summed E-state index contributed by atoms with van der Waals surface area (Å²) < 4.78 is 16.5. The van der Waals surface area contributed by atoms with Crippen LogP contribution in [0, 0.1) is 12.8 Å². The third-order valence-electron chi connectivity index (χ3n) is 13.1. The molecule has 4 fully saturated rings. The minimum Gasteiger partial charge on any atom is -0.465 e. The summed E-state index contributed by atoms with van der Waals surface area (Å²) in [5, 5.41) is 3.03. The lowest BCUT2D eigenvalue weighted by Gasteiger charge is -2.38. The smallest absolute Gasteiger partial charge is 0.417 e. The van der Waals surface area contributed by atoms with Gasteiger partial charge in [0, 0.05) is 96.6 Å². The van der Waals surface area contributed by atoms with Crippen LogP contribution in [0.5, 0.6) is 0 Å². The highest BCUT2D eigenvalue weighted by atomic mass is 16.6. The van der Waals surface area contributed by atoms with Crippen molar-refractivity contribution >= 4 is 46.7 Å². The zero-order valence-electron chi connectivity index (χ0n) is 37.1. The second-order valence-corrected chi connectivity index (χ2v) is 17.8. The number of para-hydroxylation sites is 1. The van der Waals surface area contributed by atoms with E-state index >= 15 is 0 Å². The normalized spacial score (nSPS) is 19.5. The summed E-state index contributed by atoms with van der Waals surface area (Å²) in [5.41, 5.74) is 4.55. The third kappa shape index (κ3) is 12.6. The number of piperazine rings is 1. The van der Waals surface area contributed by atoms with Crippen molar-refractivity contribution in [2.45, 2.75) is 91.2 Å². The number of likely N-dealkylation sites (tertiary alicyclic amines) is 3. The monoisotopic (exact) mass is 889 g/mol. The van der Waals surface area contributed by atoms with Gasteiger partial charge in [-0.25, -0.2) is 14.4 Å². The first-order valence-corrected chi connectivity index (χ1v) is 22.8. The van der Waals surface area contributed by atoms with Crippen molar-refractivity contribution < 1.29 is 37.9 Å². The number of oxazole rings is 1. The molecular formula is C47H68N8O9. The van der Waals surface area contributed by atoms with Crippen LogP contribution >= 0.6 is 0 Å². The molecule has 8 rings (SSSR count). The molecule has 2 aromatic carbocycles. The molecule has 0 spiro atoms. The topological polar surface area (TPSA) is 181 Å². The number of benzene rings is 2. The maximum atomic E-state index is 13.7. The molecule has 17 nitrogen and oxygen atoms in total. The fraction of sp³-hybridized carbons (Fsp3) is 0.617. The number of piperidine rings is 2. The van der Waals surface area contributed by atoms with Crippen LogP contribution < -0.4 is 11.1 Å². The zero-order chi connectivity index (χ0) is 44.5. The van der Waals surface area contributed by atoms with E-state index in [2.05, 4.69) is 34.1 Å². The molecule has 64 heavy (non-hydrogen) atoms. The number of nitrogens with zero attached hydrogens (tertiary/aromatic N) is 6. The lowest BCUT2D eigenvalue weighted by atomic mass is 9.98. The number of likely N-dealkylation sites (N-methyl/N-ethyl adjacent to an activating group) is 1. The molecule has 0 bridgehead atoms. The first-order valence-electron chi connectivity index (χ1n) is 22.8. The molecule has 6 heterocycles. The number of carbonyl (C=O) groups excluding carboxylic acids is 5. The van der Waals surface area contributed by atoms with Gasteiger partial charge < -0.3 is 43.7 Å². The second-order valence-electron chi connectivity index (χ2n) is 17.8. The highest BCUT2D eigenvalue weighted by Crippen LogP contribution is 2.26. The molecule has 350 valence electrons. The van der Waals surface area contributed by atoms with E-state index < -0.39 is 18.0 Å². The van der Waals surface area contributed by atoms with Gasteiger partial charge in [-0.3, -0.25) is 24.3 Å².